The van der Waals surface area contributed by atoms with E-state index in [2.05, 4.69) is 16.2 Å². The SMILES string of the molecule is Cc1cccc(-c2noc(-c3ccccc3CC#N)n2)c1. The minimum Gasteiger partial charge on any atom is -0.334 e. The summed E-state index contributed by atoms with van der Waals surface area (Å²) in [6.07, 6.45) is 0.318. The van der Waals surface area contributed by atoms with Gasteiger partial charge < -0.3 is 4.52 Å². The van der Waals surface area contributed by atoms with Crippen molar-refractivity contribution in [3.8, 4) is 28.9 Å². The molecule has 0 saturated heterocycles. The highest BCUT2D eigenvalue weighted by Gasteiger charge is 2.13. The Morgan fingerprint density at radius 1 is 1.14 bits per heavy atom. The Balaban J connectivity index is 2.01. The van der Waals surface area contributed by atoms with Crippen molar-refractivity contribution in [2.75, 3.05) is 0 Å². The molecule has 1 heterocycles. The molecule has 0 aliphatic carbocycles. The normalized spacial score (nSPS) is 10.3. The van der Waals surface area contributed by atoms with E-state index in [1.54, 1.807) is 0 Å². The summed E-state index contributed by atoms with van der Waals surface area (Å²) in [6.45, 7) is 2.02. The molecule has 0 aliphatic heterocycles. The quantitative estimate of drug-likeness (QED) is 0.729. The van der Waals surface area contributed by atoms with Crippen LogP contribution in [-0.4, -0.2) is 10.1 Å². The lowest BCUT2D eigenvalue weighted by Crippen LogP contribution is -1.88. The monoisotopic (exact) mass is 275 g/mol. The van der Waals surface area contributed by atoms with E-state index in [1.165, 1.54) is 0 Å². The van der Waals surface area contributed by atoms with Crippen LogP contribution in [0.1, 0.15) is 11.1 Å². The second-order valence-electron chi connectivity index (χ2n) is 4.78. The first-order chi connectivity index (χ1) is 10.3. The minimum absolute atomic E-state index is 0.318. The third-order valence-electron chi connectivity index (χ3n) is 3.22. The lowest BCUT2D eigenvalue weighted by atomic mass is 10.1. The average molecular weight is 275 g/mol. The van der Waals surface area contributed by atoms with E-state index in [4.69, 9.17) is 9.78 Å². The molecule has 102 valence electrons. The van der Waals surface area contributed by atoms with Crippen LogP contribution in [0.2, 0.25) is 0 Å². The molecule has 0 aliphatic rings. The number of nitrogens with zero attached hydrogens (tertiary/aromatic N) is 3. The molecule has 0 amide bonds. The molecule has 0 saturated carbocycles. The van der Waals surface area contributed by atoms with E-state index < -0.39 is 0 Å². The van der Waals surface area contributed by atoms with Gasteiger partial charge in [-0.05, 0) is 24.6 Å². The van der Waals surface area contributed by atoms with Crippen LogP contribution in [0, 0.1) is 18.3 Å². The first-order valence-electron chi connectivity index (χ1n) is 6.64. The Morgan fingerprint density at radius 2 is 2.00 bits per heavy atom. The van der Waals surface area contributed by atoms with Crippen LogP contribution in [0.4, 0.5) is 0 Å². The molecule has 4 heteroatoms. The molecular formula is C17H13N3O. The largest absolute Gasteiger partial charge is 0.334 e. The van der Waals surface area contributed by atoms with Crippen LogP contribution in [0.15, 0.2) is 53.1 Å². The first-order valence-corrected chi connectivity index (χ1v) is 6.64. The molecule has 0 atom stereocenters. The van der Waals surface area contributed by atoms with Crippen LogP contribution in [-0.2, 0) is 6.42 Å². The fourth-order valence-electron chi connectivity index (χ4n) is 2.20. The van der Waals surface area contributed by atoms with E-state index in [0.29, 0.717) is 18.1 Å². The van der Waals surface area contributed by atoms with Crippen LogP contribution >= 0.6 is 0 Å². The van der Waals surface area contributed by atoms with Crippen molar-refractivity contribution in [3.63, 3.8) is 0 Å². The number of aromatic nitrogens is 2. The van der Waals surface area contributed by atoms with Gasteiger partial charge in [0.15, 0.2) is 0 Å². The van der Waals surface area contributed by atoms with Gasteiger partial charge in [0.2, 0.25) is 5.82 Å². The summed E-state index contributed by atoms with van der Waals surface area (Å²) in [4.78, 5) is 4.45. The van der Waals surface area contributed by atoms with Gasteiger partial charge in [0.25, 0.3) is 5.89 Å². The zero-order valence-corrected chi connectivity index (χ0v) is 11.6. The predicted octanol–water partition coefficient (Wildman–Crippen LogP) is 3.78. The van der Waals surface area contributed by atoms with Crippen LogP contribution < -0.4 is 0 Å². The molecule has 0 bridgehead atoms. The van der Waals surface area contributed by atoms with Gasteiger partial charge in [0.05, 0.1) is 12.5 Å². The fraction of sp³-hybridized carbons (Fsp3) is 0.118. The molecule has 0 fully saturated rings. The van der Waals surface area contributed by atoms with Gasteiger partial charge in [-0.3, -0.25) is 0 Å². The van der Waals surface area contributed by atoms with Crippen molar-refractivity contribution in [3.05, 3.63) is 59.7 Å². The summed E-state index contributed by atoms with van der Waals surface area (Å²) < 4.78 is 5.36. The molecule has 0 unspecified atom stereocenters. The van der Waals surface area contributed by atoms with E-state index in [0.717, 1.165) is 22.3 Å². The van der Waals surface area contributed by atoms with Crippen molar-refractivity contribution >= 4 is 0 Å². The summed E-state index contributed by atoms with van der Waals surface area (Å²) in [5, 5.41) is 12.9. The maximum absolute atomic E-state index is 8.89. The van der Waals surface area contributed by atoms with Gasteiger partial charge in [-0.1, -0.05) is 47.1 Å². The lowest BCUT2D eigenvalue weighted by molar-refractivity contribution is 0.432. The second kappa shape index (κ2) is 5.59. The Morgan fingerprint density at radius 3 is 2.81 bits per heavy atom. The molecule has 0 spiro atoms. The Bertz CT molecular complexity index is 815. The van der Waals surface area contributed by atoms with Crippen molar-refractivity contribution < 1.29 is 4.52 Å². The summed E-state index contributed by atoms with van der Waals surface area (Å²) in [7, 11) is 0. The molecule has 3 rings (SSSR count). The third kappa shape index (κ3) is 2.67. The van der Waals surface area contributed by atoms with Gasteiger partial charge in [-0.25, -0.2) is 0 Å². The highest BCUT2D eigenvalue weighted by molar-refractivity contribution is 5.63. The van der Waals surface area contributed by atoms with Crippen molar-refractivity contribution in [1.82, 2.24) is 10.1 Å². The van der Waals surface area contributed by atoms with Crippen LogP contribution in [0.25, 0.3) is 22.8 Å². The van der Waals surface area contributed by atoms with Crippen LogP contribution in [0.3, 0.4) is 0 Å². The Hall–Kier alpha value is -2.93. The summed E-state index contributed by atoms with van der Waals surface area (Å²) in [5.41, 5.74) is 3.76. The molecule has 4 nitrogen and oxygen atoms in total. The minimum atomic E-state index is 0.318. The maximum atomic E-state index is 8.89. The molecular weight excluding hydrogens is 262 g/mol. The van der Waals surface area contributed by atoms with Gasteiger partial charge in [-0.15, -0.1) is 0 Å². The van der Waals surface area contributed by atoms with Crippen LogP contribution in [0.5, 0.6) is 0 Å². The number of aryl methyl sites for hydroxylation is 1. The first kappa shape index (κ1) is 13.1. The molecule has 21 heavy (non-hydrogen) atoms. The number of benzene rings is 2. The average Bonchev–Trinajstić information content (AvgIpc) is 2.98. The van der Waals surface area contributed by atoms with E-state index in [9.17, 15) is 0 Å². The highest BCUT2D eigenvalue weighted by Crippen LogP contribution is 2.25. The zero-order chi connectivity index (χ0) is 14.7. The highest BCUT2D eigenvalue weighted by atomic mass is 16.5. The summed E-state index contributed by atoms with van der Waals surface area (Å²) >= 11 is 0. The van der Waals surface area contributed by atoms with Gasteiger partial charge in [-0.2, -0.15) is 10.2 Å². The molecule has 2 aromatic carbocycles. The standard InChI is InChI=1S/C17H13N3O/c1-12-5-4-7-14(11-12)16-19-17(21-20-16)15-8-3-2-6-13(15)9-10-18/h2-8,11H,9H2,1H3. The smallest absolute Gasteiger partial charge is 0.258 e. The number of nitriles is 1. The number of hydrogen-bond acceptors (Lipinski definition) is 4. The Labute approximate surface area is 122 Å². The topological polar surface area (TPSA) is 62.7 Å². The maximum Gasteiger partial charge on any atom is 0.258 e. The third-order valence-corrected chi connectivity index (χ3v) is 3.22. The van der Waals surface area contributed by atoms with Crippen molar-refractivity contribution in [2.45, 2.75) is 13.3 Å². The van der Waals surface area contributed by atoms with Gasteiger partial charge >= 0.3 is 0 Å². The van der Waals surface area contributed by atoms with E-state index in [1.807, 2.05) is 55.5 Å². The summed E-state index contributed by atoms with van der Waals surface area (Å²) in [6, 6.07) is 17.7. The number of rotatable bonds is 3. The molecule has 0 N–H and O–H groups in total. The molecule has 0 radical (unpaired) electrons. The van der Waals surface area contributed by atoms with E-state index >= 15 is 0 Å². The summed E-state index contributed by atoms with van der Waals surface area (Å²) in [5.74, 6) is 0.998. The lowest BCUT2D eigenvalue weighted by Gasteiger charge is -2.00. The van der Waals surface area contributed by atoms with Gasteiger partial charge in [0, 0.05) is 11.1 Å². The predicted molar refractivity (Wildman–Crippen MR) is 79.2 cm³/mol. The van der Waals surface area contributed by atoms with Crippen molar-refractivity contribution in [2.24, 2.45) is 0 Å². The fourth-order valence-corrected chi connectivity index (χ4v) is 2.20. The molecule has 3 aromatic rings. The molecule has 1 aromatic heterocycles. The number of hydrogen-bond donors (Lipinski definition) is 0. The zero-order valence-electron chi connectivity index (χ0n) is 11.6. The van der Waals surface area contributed by atoms with Crippen molar-refractivity contribution in [1.29, 1.82) is 5.26 Å². The second-order valence-corrected chi connectivity index (χ2v) is 4.78. The Kier molecular flexibility index (Phi) is 3.48. The van der Waals surface area contributed by atoms with Gasteiger partial charge in [0.1, 0.15) is 0 Å². The van der Waals surface area contributed by atoms with E-state index in [-0.39, 0.29) is 0 Å².